The average molecular weight is 225 g/mol. The number of hydrazine groups is 1. The minimum absolute atomic E-state index is 0.160. The van der Waals surface area contributed by atoms with Crippen molar-refractivity contribution >= 4 is 0 Å². The van der Waals surface area contributed by atoms with Crippen LogP contribution in [0.25, 0.3) is 0 Å². The molecule has 0 spiro atoms. The first-order chi connectivity index (χ1) is 7.83. The summed E-state index contributed by atoms with van der Waals surface area (Å²) < 4.78 is 18.9. The average Bonchev–Trinajstić information content (AvgIpc) is 2.34. The number of aromatic nitrogens is 1. The van der Waals surface area contributed by atoms with Crippen LogP contribution in [0.15, 0.2) is 18.5 Å². The van der Waals surface area contributed by atoms with Gasteiger partial charge in [-0.25, -0.2) is 4.39 Å². The first-order valence-electron chi connectivity index (χ1n) is 5.46. The zero-order chi connectivity index (χ0) is 11.4. The van der Waals surface area contributed by atoms with E-state index in [0.29, 0.717) is 11.5 Å². The number of nitrogens with zero attached hydrogens (tertiary/aromatic N) is 1. The van der Waals surface area contributed by atoms with Gasteiger partial charge in [0.25, 0.3) is 0 Å². The Morgan fingerprint density at radius 3 is 2.88 bits per heavy atom. The molecule has 1 aromatic heterocycles. The predicted molar refractivity (Wildman–Crippen MR) is 57.8 cm³/mol. The van der Waals surface area contributed by atoms with Crippen molar-refractivity contribution in [2.24, 2.45) is 11.8 Å². The van der Waals surface area contributed by atoms with Crippen LogP contribution in [0.4, 0.5) is 4.39 Å². The van der Waals surface area contributed by atoms with Crippen LogP contribution in [-0.2, 0) is 4.74 Å². The van der Waals surface area contributed by atoms with Crippen molar-refractivity contribution in [2.45, 2.75) is 18.9 Å². The molecular weight excluding hydrogens is 209 g/mol. The van der Waals surface area contributed by atoms with Crippen molar-refractivity contribution < 1.29 is 9.13 Å². The van der Waals surface area contributed by atoms with Crippen LogP contribution in [0.2, 0.25) is 0 Å². The number of pyridine rings is 1. The third-order valence-electron chi connectivity index (χ3n) is 3.06. The smallest absolute Gasteiger partial charge is 0.146 e. The molecule has 0 aliphatic carbocycles. The molecule has 0 amide bonds. The molecule has 3 N–H and O–H groups in total. The Kier molecular flexibility index (Phi) is 3.82. The van der Waals surface area contributed by atoms with E-state index in [4.69, 9.17) is 10.6 Å². The second-order valence-electron chi connectivity index (χ2n) is 3.99. The van der Waals surface area contributed by atoms with Gasteiger partial charge in [0, 0.05) is 25.0 Å². The second kappa shape index (κ2) is 5.34. The van der Waals surface area contributed by atoms with Gasteiger partial charge in [-0.15, -0.1) is 0 Å². The molecule has 0 bridgehead atoms. The molecule has 4 nitrogen and oxygen atoms in total. The van der Waals surface area contributed by atoms with Crippen molar-refractivity contribution in [1.29, 1.82) is 0 Å². The van der Waals surface area contributed by atoms with Gasteiger partial charge in [0.05, 0.1) is 12.2 Å². The second-order valence-corrected chi connectivity index (χ2v) is 3.99. The van der Waals surface area contributed by atoms with Crippen LogP contribution in [0, 0.1) is 11.7 Å². The zero-order valence-electron chi connectivity index (χ0n) is 9.03. The van der Waals surface area contributed by atoms with Crippen LogP contribution in [0.5, 0.6) is 0 Å². The Labute approximate surface area is 94.0 Å². The lowest BCUT2D eigenvalue weighted by atomic mass is 9.88. The molecule has 1 atom stereocenters. The quantitative estimate of drug-likeness (QED) is 0.598. The number of ether oxygens (including phenoxy) is 1. The number of nitrogens with one attached hydrogen (secondary N) is 1. The van der Waals surface area contributed by atoms with Gasteiger partial charge < -0.3 is 4.74 Å². The number of halogens is 1. The highest BCUT2D eigenvalue weighted by Crippen LogP contribution is 2.30. The van der Waals surface area contributed by atoms with Crippen LogP contribution < -0.4 is 11.3 Å². The van der Waals surface area contributed by atoms with Gasteiger partial charge in [0.15, 0.2) is 0 Å². The molecule has 0 aromatic carbocycles. The van der Waals surface area contributed by atoms with E-state index in [9.17, 15) is 4.39 Å². The maximum atomic E-state index is 13.6. The normalized spacial score (nSPS) is 19.6. The minimum atomic E-state index is -0.308. The topological polar surface area (TPSA) is 60.2 Å². The van der Waals surface area contributed by atoms with Gasteiger partial charge in [0.2, 0.25) is 0 Å². The van der Waals surface area contributed by atoms with Crippen molar-refractivity contribution in [3.05, 3.63) is 29.8 Å². The molecule has 2 rings (SSSR count). The van der Waals surface area contributed by atoms with Crippen LogP contribution in [0.3, 0.4) is 0 Å². The van der Waals surface area contributed by atoms with E-state index in [1.165, 1.54) is 6.20 Å². The molecule has 2 heterocycles. The van der Waals surface area contributed by atoms with Crippen molar-refractivity contribution in [2.75, 3.05) is 13.2 Å². The summed E-state index contributed by atoms with van der Waals surface area (Å²) in [7, 11) is 0. The Morgan fingerprint density at radius 1 is 1.50 bits per heavy atom. The van der Waals surface area contributed by atoms with Crippen molar-refractivity contribution in [1.82, 2.24) is 10.4 Å². The van der Waals surface area contributed by atoms with Gasteiger partial charge >= 0.3 is 0 Å². The molecule has 16 heavy (non-hydrogen) atoms. The standard InChI is InChI=1S/C11H16FN3O/c12-10-7-14-4-1-9(10)11(15-13)8-2-5-16-6-3-8/h1,4,7-8,11,15H,2-3,5-6,13H2. The van der Waals surface area contributed by atoms with Crippen molar-refractivity contribution in [3.8, 4) is 0 Å². The summed E-state index contributed by atoms with van der Waals surface area (Å²) in [6.45, 7) is 1.44. The maximum absolute atomic E-state index is 13.6. The largest absolute Gasteiger partial charge is 0.381 e. The molecule has 0 radical (unpaired) electrons. The summed E-state index contributed by atoms with van der Waals surface area (Å²) >= 11 is 0. The molecule has 1 fully saturated rings. The zero-order valence-corrected chi connectivity index (χ0v) is 9.03. The SMILES string of the molecule is NNC(c1ccncc1F)C1CCOCC1. The highest BCUT2D eigenvalue weighted by Gasteiger charge is 2.26. The molecular formula is C11H16FN3O. The van der Waals surface area contributed by atoms with E-state index in [-0.39, 0.29) is 11.9 Å². The molecule has 5 heteroatoms. The van der Waals surface area contributed by atoms with Gasteiger partial charge in [0.1, 0.15) is 5.82 Å². The lowest BCUT2D eigenvalue weighted by molar-refractivity contribution is 0.0531. The van der Waals surface area contributed by atoms with Gasteiger partial charge in [-0.3, -0.25) is 16.3 Å². The third-order valence-corrected chi connectivity index (χ3v) is 3.06. The van der Waals surface area contributed by atoms with E-state index < -0.39 is 0 Å². The summed E-state index contributed by atoms with van der Waals surface area (Å²) in [4.78, 5) is 3.74. The van der Waals surface area contributed by atoms with Gasteiger partial charge in [-0.2, -0.15) is 0 Å². The minimum Gasteiger partial charge on any atom is -0.381 e. The number of hydrogen-bond donors (Lipinski definition) is 2. The molecule has 0 saturated carbocycles. The highest BCUT2D eigenvalue weighted by molar-refractivity contribution is 5.18. The van der Waals surface area contributed by atoms with Crippen LogP contribution in [0.1, 0.15) is 24.4 Å². The fourth-order valence-electron chi connectivity index (χ4n) is 2.17. The van der Waals surface area contributed by atoms with E-state index in [2.05, 4.69) is 10.4 Å². The Hall–Kier alpha value is -1.04. The molecule has 1 saturated heterocycles. The molecule has 1 aromatic rings. The fraction of sp³-hybridized carbons (Fsp3) is 0.545. The number of nitrogens with two attached hydrogens (primary N) is 1. The summed E-state index contributed by atoms with van der Waals surface area (Å²) in [5.74, 6) is 5.53. The lowest BCUT2D eigenvalue weighted by Crippen LogP contribution is -2.36. The number of rotatable bonds is 3. The van der Waals surface area contributed by atoms with Crippen molar-refractivity contribution in [3.63, 3.8) is 0 Å². The summed E-state index contributed by atoms with van der Waals surface area (Å²) in [6.07, 6.45) is 4.61. The molecule has 1 unspecified atom stereocenters. The Balaban J connectivity index is 2.18. The molecule has 1 aliphatic rings. The monoisotopic (exact) mass is 225 g/mol. The van der Waals surface area contributed by atoms with Crippen LogP contribution >= 0.6 is 0 Å². The molecule has 88 valence electrons. The maximum Gasteiger partial charge on any atom is 0.146 e. The fourth-order valence-corrected chi connectivity index (χ4v) is 2.17. The predicted octanol–water partition coefficient (Wildman–Crippen LogP) is 1.15. The highest BCUT2D eigenvalue weighted by atomic mass is 19.1. The van der Waals surface area contributed by atoms with E-state index in [0.717, 1.165) is 26.1 Å². The van der Waals surface area contributed by atoms with Gasteiger partial charge in [-0.1, -0.05) is 0 Å². The summed E-state index contributed by atoms with van der Waals surface area (Å²) in [6, 6.07) is 1.52. The Morgan fingerprint density at radius 2 is 2.25 bits per heavy atom. The first kappa shape index (κ1) is 11.4. The third kappa shape index (κ3) is 2.37. The van der Waals surface area contributed by atoms with E-state index in [1.807, 2.05) is 0 Å². The summed E-state index contributed by atoms with van der Waals surface area (Å²) in [5, 5.41) is 0. The first-order valence-corrected chi connectivity index (χ1v) is 5.46. The Bertz CT molecular complexity index is 342. The van der Waals surface area contributed by atoms with E-state index >= 15 is 0 Å². The number of hydrogen-bond acceptors (Lipinski definition) is 4. The van der Waals surface area contributed by atoms with Crippen LogP contribution in [-0.4, -0.2) is 18.2 Å². The van der Waals surface area contributed by atoms with Gasteiger partial charge in [-0.05, 0) is 24.8 Å². The lowest BCUT2D eigenvalue weighted by Gasteiger charge is -2.30. The molecule has 1 aliphatic heterocycles. The van der Waals surface area contributed by atoms with E-state index in [1.54, 1.807) is 12.3 Å². The summed E-state index contributed by atoms with van der Waals surface area (Å²) in [5.41, 5.74) is 3.29.